The summed E-state index contributed by atoms with van der Waals surface area (Å²) in [5.41, 5.74) is 0.149. The van der Waals surface area contributed by atoms with Crippen LogP contribution in [0.1, 0.15) is 20.7 Å². The molecule has 0 atom stereocenters. The van der Waals surface area contributed by atoms with Crippen LogP contribution in [-0.2, 0) is 24.3 Å². The summed E-state index contributed by atoms with van der Waals surface area (Å²) >= 11 is 0. The quantitative estimate of drug-likeness (QED) is 0.383. The molecule has 0 fully saturated rings. The SMILES string of the molecule is COC(=O)c1cc(NC(=O)CN(c2ccccc2OC)S(=O)(=O)c2ccc(OC)cc2)cc(C(=O)OC)c1. The van der Waals surface area contributed by atoms with Crippen molar-refractivity contribution in [2.45, 2.75) is 4.90 Å². The van der Waals surface area contributed by atoms with E-state index < -0.39 is 34.4 Å². The molecule has 0 saturated carbocycles. The minimum Gasteiger partial charge on any atom is -0.497 e. The molecule has 0 aromatic heterocycles. The van der Waals surface area contributed by atoms with Crippen molar-refractivity contribution >= 4 is 39.2 Å². The zero-order chi connectivity index (χ0) is 27.9. The predicted octanol–water partition coefficient (Wildman–Crippen LogP) is 3.11. The fourth-order valence-corrected chi connectivity index (χ4v) is 4.94. The fraction of sp³-hybridized carbons (Fsp3) is 0.192. The fourth-order valence-electron chi connectivity index (χ4n) is 3.51. The predicted molar refractivity (Wildman–Crippen MR) is 138 cm³/mol. The topological polar surface area (TPSA) is 138 Å². The molecule has 38 heavy (non-hydrogen) atoms. The molecule has 3 rings (SSSR count). The lowest BCUT2D eigenvalue weighted by Crippen LogP contribution is -2.38. The maximum Gasteiger partial charge on any atom is 0.337 e. The highest BCUT2D eigenvalue weighted by Crippen LogP contribution is 2.32. The summed E-state index contributed by atoms with van der Waals surface area (Å²) in [6, 6.07) is 15.9. The highest BCUT2D eigenvalue weighted by molar-refractivity contribution is 7.92. The molecular formula is C26H26N2O9S. The monoisotopic (exact) mass is 542 g/mol. The summed E-state index contributed by atoms with van der Waals surface area (Å²) in [5.74, 6) is -1.57. The Hall–Kier alpha value is -4.58. The van der Waals surface area contributed by atoms with Crippen molar-refractivity contribution in [1.82, 2.24) is 0 Å². The van der Waals surface area contributed by atoms with Gasteiger partial charge in [0, 0.05) is 5.69 Å². The Morgan fingerprint density at radius 1 is 0.789 bits per heavy atom. The van der Waals surface area contributed by atoms with Crippen molar-refractivity contribution in [3.8, 4) is 11.5 Å². The molecule has 1 amide bonds. The molecule has 0 aliphatic rings. The van der Waals surface area contributed by atoms with Crippen molar-refractivity contribution in [3.63, 3.8) is 0 Å². The van der Waals surface area contributed by atoms with Crippen LogP contribution in [0.4, 0.5) is 11.4 Å². The smallest absolute Gasteiger partial charge is 0.337 e. The number of anilines is 2. The third-order valence-electron chi connectivity index (χ3n) is 5.35. The first-order chi connectivity index (χ1) is 18.1. The first-order valence-electron chi connectivity index (χ1n) is 11.1. The van der Waals surface area contributed by atoms with Gasteiger partial charge in [-0.25, -0.2) is 18.0 Å². The molecule has 11 nitrogen and oxygen atoms in total. The molecule has 12 heteroatoms. The van der Waals surface area contributed by atoms with Gasteiger partial charge in [-0.15, -0.1) is 0 Å². The van der Waals surface area contributed by atoms with E-state index in [9.17, 15) is 22.8 Å². The molecule has 200 valence electrons. The molecule has 0 unspecified atom stereocenters. The number of para-hydroxylation sites is 2. The van der Waals surface area contributed by atoms with Crippen LogP contribution >= 0.6 is 0 Å². The second-order valence-corrected chi connectivity index (χ2v) is 9.55. The van der Waals surface area contributed by atoms with Crippen LogP contribution in [0.2, 0.25) is 0 Å². The number of benzene rings is 3. The average Bonchev–Trinajstić information content (AvgIpc) is 2.94. The normalized spacial score (nSPS) is 10.7. The van der Waals surface area contributed by atoms with Gasteiger partial charge in [0.05, 0.1) is 50.1 Å². The number of esters is 2. The lowest BCUT2D eigenvalue weighted by atomic mass is 10.1. The number of hydrogen-bond acceptors (Lipinski definition) is 9. The van der Waals surface area contributed by atoms with E-state index in [1.807, 2.05) is 0 Å². The van der Waals surface area contributed by atoms with Gasteiger partial charge in [0.25, 0.3) is 10.0 Å². The van der Waals surface area contributed by atoms with Crippen LogP contribution in [0.5, 0.6) is 11.5 Å². The van der Waals surface area contributed by atoms with Gasteiger partial charge in [0.1, 0.15) is 18.0 Å². The van der Waals surface area contributed by atoms with E-state index in [1.54, 1.807) is 18.2 Å². The number of sulfonamides is 1. The van der Waals surface area contributed by atoms with Gasteiger partial charge in [-0.05, 0) is 54.6 Å². The first kappa shape index (κ1) is 28.0. The molecule has 0 bridgehead atoms. The Kier molecular flexibility index (Phi) is 8.92. The molecule has 0 spiro atoms. The van der Waals surface area contributed by atoms with Gasteiger partial charge in [-0.3, -0.25) is 9.10 Å². The highest BCUT2D eigenvalue weighted by Gasteiger charge is 2.29. The molecule has 0 heterocycles. The van der Waals surface area contributed by atoms with Crippen LogP contribution in [-0.4, -0.2) is 61.2 Å². The lowest BCUT2D eigenvalue weighted by molar-refractivity contribution is -0.114. The minimum absolute atomic E-state index is 0.0156. The van der Waals surface area contributed by atoms with E-state index in [2.05, 4.69) is 5.32 Å². The molecule has 1 N–H and O–H groups in total. The number of rotatable bonds is 10. The maximum atomic E-state index is 13.7. The minimum atomic E-state index is -4.26. The lowest BCUT2D eigenvalue weighted by Gasteiger charge is -2.25. The van der Waals surface area contributed by atoms with Gasteiger partial charge in [0.2, 0.25) is 5.91 Å². The number of nitrogens with one attached hydrogen (secondary N) is 1. The Balaban J connectivity index is 2.01. The zero-order valence-electron chi connectivity index (χ0n) is 21.1. The third kappa shape index (κ3) is 6.21. The number of amides is 1. The van der Waals surface area contributed by atoms with Gasteiger partial charge >= 0.3 is 11.9 Å². The molecule has 0 aliphatic carbocycles. The van der Waals surface area contributed by atoms with E-state index in [4.69, 9.17) is 18.9 Å². The Morgan fingerprint density at radius 2 is 1.37 bits per heavy atom. The van der Waals surface area contributed by atoms with Crippen LogP contribution < -0.4 is 19.1 Å². The van der Waals surface area contributed by atoms with Crippen molar-refractivity contribution < 1.29 is 41.7 Å². The molecule has 3 aromatic carbocycles. The number of carbonyl (C=O) groups excluding carboxylic acids is 3. The van der Waals surface area contributed by atoms with Crippen LogP contribution in [0.25, 0.3) is 0 Å². The zero-order valence-corrected chi connectivity index (χ0v) is 21.9. The largest absolute Gasteiger partial charge is 0.497 e. The molecule has 0 saturated heterocycles. The summed E-state index contributed by atoms with van der Waals surface area (Å²) in [5, 5.41) is 2.54. The second-order valence-electron chi connectivity index (χ2n) is 7.69. The standard InChI is InChI=1S/C26H26N2O9S/c1-34-20-9-11-21(12-10-20)38(32,33)28(22-7-5-6-8-23(22)35-2)16-24(29)27-19-14-17(25(30)36-3)13-18(15-19)26(31)37-4/h5-15H,16H2,1-4H3,(H,27,29). The summed E-state index contributed by atoms with van der Waals surface area (Å²) in [7, 11) is 0.906. The number of ether oxygens (including phenoxy) is 4. The molecular weight excluding hydrogens is 516 g/mol. The number of carbonyl (C=O) groups is 3. The number of hydrogen-bond donors (Lipinski definition) is 1. The van der Waals surface area contributed by atoms with Crippen LogP contribution in [0.15, 0.2) is 71.6 Å². The molecule has 0 aliphatic heterocycles. The van der Waals surface area contributed by atoms with E-state index in [0.29, 0.717) is 5.75 Å². The van der Waals surface area contributed by atoms with E-state index >= 15 is 0 Å². The van der Waals surface area contributed by atoms with Crippen LogP contribution in [0.3, 0.4) is 0 Å². The summed E-state index contributed by atoms with van der Waals surface area (Å²) in [4.78, 5) is 37.2. The van der Waals surface area contributed by atoms with E-state index in [1.165, 1.54) is 77.0 Å². The van der Waals surface area contributed by atoms with Gasteiger partial charge in [-0.1, -0.05) is 12.1 Å². The number of nitrogens with zero attached hydrogens (tertiary/aromatic N) is 1. The van der Waals surface area contributed by atoms with E-state index in [0.717, 1.165) is 4.31 Å². The third-order valence-corrected chi connectivity index (χ3v) is 7.12. The van der Waals surface area contributed by atoms with Crippen molar-refractivity contribution in [2.75, 3.05) is 44.6 Å². The Labute approximate surface area is 219 Å². The summed E-state index contributed by atoms with van der Waals surface area (Å²) in [6.07, 6.45) is 0. The Bertz CT molecular complexity index is 1400. The number of methoxy groups -OCH3 is 4. The summed E-state index contributed by atoms with van der Waals surface area (Å²) < 4.78 is 48.1. The van der Waals surface area contributed by atoms with Crippen molar-refractivity contribution in [3.05, 3.63) is 77.9 Å². The first-order valence-corrected chi connectivity index (χ1v) is 12.5. The van der Waals surface area contributed by atoms with Gasteiger partial charge in [-0.2, -0.15) is 0 Å². The molecule has 0 radical (unpaired) electrons. The van der Waals surface area contributed by atoms with Gasteiger partial charge < -0.3 is 24.3 Å². The Morgan fingerprint density at radius 3 is 1.89 bits per heavy atom. The highest BCUT2D eigenvalue weighted by atomic mass is 32.2. The van der Waals surface area contributed by atoms with Gasteiger partial charge in [0.15, 0.2) is 0 Å². The second kappa shape index (κ2) is 12.1. The average molecular weight is 543 g/mol. The van der Waals surface area contributed by atoms with Crippen molar-refractivity contribution in [2.24, 2.45) is 0 Å². The van der Waals surface area contributed by atoms with Crippen LogP contribution in [0, 0.1) is 0 Å². The molecule has 3 aromatic rings. The maximum absolute atomic E-state index is 13.7. The van der Waals surface area contributed by atoms with Crippen molar-refractivity contribution in [1.29, 1.82) is 0 Å². The van der Waals surface area contributed by atoms with E-state index in [-0.39, 0.29) is 33.1 Å². The summed E-state index contributed by atoms with van der Waals surface area (Å²) in [6.45, 7) is -0.662.